The molecule has 1 aromatic carbocycles. The van der Waals surface area contributed by atoms with Crippen LogP contribution in [0.15, 0.2) is 24.3 Å². The van der Waals surface area contributed by atoms with Gasteiger partial charge >= 0.3 is 0 Å². The van der Waals surface area contributed by atoms with Crippen molar-refractivity contribution in [1.82, 2.24) is 5.32 Å². The summed E-state index contributed by atoms with van der Waals surface area (Å²) in [6.07, 6.45) is 4.18. The molecule has 88 valence electrons. The molecule has 0 aromatic heterocycles. The zero-order chi connectivity index (χ0) is 11.6. The Morgan fingerprint density at radius 1 is 1.25 bits per heavy atom. The first-order chi connectivity index (χ1) is 7.54. The molecule has 1 heteroatoms. The summed E-state index contributed by atoms with van der Waals surface area (Å²) in [6, 6.07) is 9.08. The maximum absolute atomic E-state index is 3.54. The Hall–Kier alpha value is -0.820. The van der Waals surface area contributed by atoms with Crippen LogP contribution in [-0.4, -0.2) is 5.54 Å². The molecular weight excluding hydrogens is 194 g/mol. The van der Waals surface area contributed by atoms with E-state index in [9.17, 15) is 0 Å². The van der Waals surface area contributed by atoms with Crippen molar-refractivity contribution in [3.8, 4) is 0 Å². The Morgan fingerprint density at radius 3 is 2.56 bits per heavy atom. The zero-order valence-electron chi connectivity index (χ0n) is 10.7. The van der Waals surface area contributed by atoms with Crippen molar-refractivity contribution in [3.63, 3.8) is 0 Å². The van der Waals surface area contributed by atoms with Gasteiger partial charge in [0, 0.05) is 12.1 Å². The predicted octanol–water partition coefficient (Wildman–Crippen LogP) is 3.84. The molecule has 0 atom stereocenters. The van der Waals surface area contributed by atoms with Gasteiger partial charge in [0.15, 0.2) is 0 Å². The summed E-state index contributed by atoms with van der Waals surface area (Å²) in [6.45, 7) is 7.61. The summed E-state index contributed by atoms with van der Waals surface area (Å²) in [4.78, 5) is 0. The third-order valence-corrected chi connectivity index (χ3v) is 3.35. The van der Waals surface area contributed by atoms with Gasteiger partial charge in [-0.2, -0.15) is 0 Å². The Bertz CT molecular complexity index is 345. The molecule has 1 aliphatic rings. The van der Waals surface area contributed by atoms with Gasteiger partial charge in [-0.1, -0.05) is 30.7 Å². The number of nitrogens with one attached hydrogen (secondary N) is 1. The second kappa shape index (κ2) is 4.58. The number of benzene rings is 1. The normalized spacial score (nSPS) is 17.2. The van der Waals surface area contributed by atoms with E-state index < -0.39 is 0 Å². The highest BCUT2D eigenvalue weighted by molar-refractivity contribution is 5.27. The fraction of sp³-hybridized carbons (Fsp3) is 0.600. The van der Waals surface area contributed by atoms with Gasteiger partial charge in [-0.3, -0.25) is 0 Å². The Labute approximate surface area is 99.3 Å². The molecule has 1 fully saturated rings. The van der Waals surface area contributed by atoms with Crippen molar-refractivity contribution in [3.05, 3.63) is 35.4 Å². The van der Waals surface area contributed by atoms with Crippen LogP contribution >= 0.6 is 0 Å². The lowest BCUT2D eigenvalue weighted by Crippen LogP contribution is -2.35. The van der Waals surface area contributed by atoms with E-state index in [0.717, 1.165) is 12.5 Å². The summed E-state index contributed by atoms with van der Waals surface area (Å²) in [5.74, 6) is 0.842. The molecule has 1 aliphatic carbocycles. The Balaban J connectivity index is 1.98. The molecule has 1 nitrogen and oxygen atoms in total. The SMILES string of the molecule is CC(C)(C)NCc1cccc(C2CCC2)c1. The summed E-state index contributed by atoms with van der Waals surface area (Å²) in [7, 11) is 0. The predicted molar refractivity (Wildman–Crippen MR) is 69.6 cm³/mol. The summed E-state index contributed by atoms with van der Waals surface area (Å²) in [5.41, 5.74) is 3.16. The second-order valence-electron chi connectivity index (χ2n) is 5.98. The minimum Gasteiger partial charge on any atom is -0.308 e. The molecule has 16 heavy (non-hydrogen) atoms. The van der Waals surface area contributed by atoms with Gasteiger partial charge in [0.05, 0.1) is 0 Å². The van der Waals surface area contributed by atoms with Crippen molar-refractivity contribution in [2.75, 3.05) is 0 Å². The monoisotopic (exact) mass is 217 g/mol. The van der Waals surface area contributed by atoms with Crippen LogP contribution in [0.3, 0.4) is 0 Å². The highest BCUT2D eigenvalue weighted by Gasteiger charge is 2.19. The van der Waals surface area contributed by atoms with Crippen molar-refractivity contribution in [2.45, 2.75) is 58.0 Å². The number of hydrogen-bond acceptors (Lipinski definition) is 1. The van der Waals surface area contributed by atoms with Gasteiger partial charge in [-0.25, -0.2) is 0 Å². The molecule has 0 radical (unpaired) electrons. The average Bonchev–Trinajstić information content (AvgIpc) is 2.12. The minimum atomic E-state index is 0.201. The number of hydrogen-bond donors (Lipinski definition) is 1. The standard InChI is InChI=1S/C15H23N/c1-15(2,3)16-11-12-6-4-9-14(10-12)13-7-5-8-13/h4,6,9-10,13,16H,5,7-8,11H2,1-3H3. The van der Waals surface area contributed by atoms with E-state index >= 15 is 0 Å². The van der Waals surface area contributed by atoms with E-state index in [2.05, 4.69) is 50.4 Å². The molecule has 0 saturated heterocycles. The van der Waals surface area contributed by atoms with E-state index in [1.54, 1.807) is 5.56 Å². The van der Waals surface area contributed by atoms with E-state index in [1.165, 1.54) is 24.8 Å². The fourth-order valence-corrected chi connectivity index (χ4v) is 2.07. The average molecular weight is 217 g/mol. The summed E-state index contributed by atoms with van der Waals surface area (Å²) < 4.78 is 0. The quantitative estimate of drug-likeness (QED) is 0.811. The van der Waals surface area contributed by atoms with Gasteiger partial charge in [0.1, 0.15) is 0 Å². The molecule has 0 unspecified atom stereocenters. The minimum absolute atomic E-state index is 0.201. The molecular formula is C15H23N. The van der Waals surface area contributed by atoms with E-state index in [0.29, 0.717) is 0 Å². The lowest BCUT2D eigenvalue weighted by atomic mass is 9.80. The van der Waals surface area contributed by atoms with Gasteiger partial charge in [0.2, 0.25) is 0 Å². The first-order valence-corrected chi connectivity index (χ1v) is 6.38. The smallest absolute Gasteiger partial charge is 0.0210 e. The molecule has 0 heterocycles. The largest absolute Gasteiger partial charge is 0.308 e. The summed E-state index contributed by atoms with van der Waals surface area (Å²) >= 11 is 0. The van der Waals surface area contributed by atoms with Crippen LogP contribution in [0.2, 0.25) is 0 Å². The van der Waals surface area contributed by atoms with Crippen molar-refractivity contribution in [1.29, 1.82) is 0 Å². The lowest BCUT2D eigenvalue weighted by Gasteiger charge is -2.26. The van der Waals surface area contributed by atoms with Crippen LogP contribution in [0.5, 0.6) is 0 Å². The second-order valence-corrected chi connectivity index (χ2v) is 5.98. The molecule has 1 aromatic rings. The first-order valence-electron chi connectivity index (χ1n) is 6.38. The van der Waals surface area contributed by atoms with Crippen molar-refractivity contribution in [2.24, 2.45) is 0 Å². The van der Waals surface area contributed by atoms with Gasteiger partial charge < -0.3 is 5.32 Å². The van der Waals surface area contributed by atoms with Gasteiger partial charge in [-0.05, 0) is 50.7 Å². The van der Waals surface area contributed by atoms with Crippen LogP contribution in [0.4, 0.5) is 0 Å². The van der Waals surface area contributed by atoms with Crippen LogP contribution < -0.4 is 5.32 Å². The van der Waals surface area contributed by atoms with E-state index in [4.69, 9.17) is 0 Å². The molecule has 0 aliphatic heterocycles. The van der Waals surface area contributed by atoms with E-state index in [1.807, 2.05) is 0 Å². The fourth-order valence-electron chi connectivity index (χ4n) is 2.07. The van der Waals surface area contributed by atoms with Crippen molar-refractivity contribution < 1.29 is 0 Å². The van der Waals surface area contributed by atoms with Gasteiger partial charge in [-0.15, -0.1) is 0 Å². The topological polar surface area (TPSA) is 12.0 Å². The molecule has 0 spiro atoms. The van der Waals surface area contributed by atoms with Gasteiger partial charge in [0.25, 0.3) is 0 Å². The van der Waals surface area contributed by atoms with Crippen LogP contribution in [0, 0.1) is 0 Å². The zero-order valence-corrected chi connectivity index (χ0v) is 10.7. The molecule has 1 saturated carbocycles. The molecule has 1 N–H and O–H groups in total. The van der Waals surface area contributed by atoms with E-state index in [-0.39, 0.29) is 5.54 Å². The Morgan fingerprint density at radius 2 is 2.00 bits per heavy atom. The first kappa shape index (κ1) is 11.7. The number of rotatable bonds is 3. The van der Waals surface area contributed by atoms with Crippen LogP contribution in [-0.2, 0) is 6.54 Å². The molecule has 2 rings (SSSR count). The maximum Gasteiger partial charge on any atom is 0.0210 e. The summed E-state index contributed by atoms with van der Waals surface area (Å²) in [5, 5.41) is 3.54. The van der Waals surface area contributed by atoms with Crippen LogP contribution in [0.25, 0.3) is 0 Å². The highest BCUT2D eigenvalue weighted by atomic mass is 14.9. The molecule has 0 amide bonds. The third kappa shape index (κ3) is 3.08. The molecule has 0 bridgehead atoms. The van der Waals surface area contributed by atoms with Crippen molar-refractivity contribution >= 4 is 0 Å². The highest BCUT2D eigenvalue weighted by Crippen LogP contribution is 2.36. The Kier molecular flexibility index (Phi) is 3.34. The van der Waals surface area contributed by atoms with Crippen LogP contribution in [0.1, 0.15) is 57.1 Å². The third-order valence-electron chi connectivity index (χ3n) is 3.35. The lowest BCUT2D eigenvalue weighted by molar-refractivity contribution is 0.415. The maximum atomic E-state index is 3.54.